The van der Waals surface area contributed by atoms with Crippen molar-refractivity contribution in [3.05, 3.63) is 58.6 Å². The van der Waals surface area contributed by atoms with Crippen LogP contribution in [0.25, 0.3) is 0 Å². The molecule has 2 aromatic carbocycles. The molecule has 2 rings (SSSR count). The Morgan fingerprint density at radius 1 is 1.27 bits per heavy atom. The van der Waals surface area contributed by atoms with E-state index in [-0.39, 0.29) is 6.61 Å². The number of anilines is 2. The molecule has 116 valence electrons. The highest BCUT2D eigenvalue weighted by molar-refractivity contribution is 6.31. The second-order valence-corrected chi connectivity index (χ2v) is 5.33. The molecule has 0 saturated heterocycles. The van der Waals surface area contributed by atoms with Crippen molar-refractivity contribution in [1.29, 1.82) is 0 Å². The third-order valence-corrected chi connectivity index (χ3v) is 3.54. The third-order valence-electron chi connectivity index (χ3n) is 3.19. The molecular formula is C16H19ClN4O. The third kappa shape index (κ3) is 3.90. The van der Waals surface area contributed by atoms with Gasteiger partial charge in [-0.3, -0.25) is 0 Å². The molecule has 2 aromatic rings. The molecule has 0 saturated carbocycles. The molecular weight excluding hydrogens is 300 g/mol. The van der Waals surface area contributed by atoms with Crippen molar-refractivity contribution in [2.24, 2.45) is 11.0 Å². The lowest BCUT2D eigenvalue weighted by atomic mass is 10.1. The lowest BCUT2D eigenvalue weighted by Gasteiger charge is -2.17. The highest BCUT2D eigenvalue weighted by Crippen LogP contribution is 2.26. The molecule has 4 N–H and O–H groups in total. The molecule has 0 bridgehead atoms. The second kappa shape index (κ2) is 7.15. The highest BCUT2D eigenvalue weighted by atomic mass is 35.5. The summed E-state index contributed by atoms with van der Waals surface area (Å²) in [7, 11) is 1.75. The number of hydrogen-bond donors (Lipinski definition) is 2. The second-order valence-electron chi connectivity index (χ2n) is 4.92. The van der Waals surface area contributed by atoms with E-state index in [1.807, 2.05) is 43.3 Å². The first-order chi connectivity index (χ1) is 10.5. The maximum atomic E-state index is 6.20. The normalized spacial score (nSPS) is 11.4. The van der Waals surface area contributed by atoms with Gasteiger partial charge in [-0.15, -0.1) is 0 Å². The first kappa shape index (κ1) is 16.1. The van der Waals surface area contributed by atoms with Crippen LogP contribution in [0.3, 0.4) is 0 Å². The van der Waals surface area contributed by atoms with Gasteiger partial charge in [0, 0.05) is 28.9 Å². The van der Waals surface area contributed by atoms with E-state index in [2.05, 4.69) is 5.16 Å². The summed E-state index contributed by atoms with van der Waals surface area (Å²) in [6.07, 6.45) is 0. The molecule has 0 spiro atoms. The minimum Gasteiger partial charge on any atom is -0.399 e. The van der Waals surface area contributed by atoms with Gasteiger partial charge in [0.15, 0.2) is 0 Å². The smallest absolute Gasteiger partial charge is 0.145 e. The van der Waals surface area contributed by atoms with Gasteiger partial charge < -0.3 is 15.6 Å². The summed E-state index contributed by atoms with van der Waals surface area (Å²) in [4.78, 5) is 5.43. The number of nitrogens with zero attached hydrogens (tertiary/aromatic N) is 2. The number of hydrogen-bond acceptors (Lipinski definition) is 5. The van der Waals surface area contributed by atoms with Gasteiger partial charge in [0.25, 0.3) is 0 Å². The van der Waals surface area contributed by atoms with E-state index in [0.717, 1.165) is 22.5 Å². The van der Waals surface area contributed by atoms with E-state index in [4.69, 9.17) is 28.0 Å². The fourth-order valence-corrected chi connectivity index (χ4v) is 2.25. The van der Waals surface area contributed by atoms with E-state index < -0.39 is 0 Å². The molecule has 0 aliphatic carbocycles. The maximum Gasteiger partial charge on any atom is 0.145 e. The average molecular weight is 319 g/mol. The van der Waals surface area contributed by atoms with E-state index >= 15 is 0 Å². The van der Waals surface area contributed by atoms with Crippen molar-refractivity contribution < 1.29 is 4.84 Å². The van der Waals surface area contributed by atoms with Crippen molar-refractivity contribution in [2.45, 2.75) is 13.5 Å². The van der Waals surface area contributed by atoms with Crippen LogP contribution < -0.4 is 16.6 Å². The number of rotatable bonds is 5. The van der Waals surface area contributed by atoms with Gasteiger partial charge >= 0.3 is 0 Å². The molecule has 0 atom stereocenters. The average Bonchev–Trinajstić information content (AvgIpc) is 2.48. The molecule has 0 aromatic heterocycles. The van der Waals surface area contributed by atoms with E-state index in [0.29, 0.717) is 10.7 Å². The Morgan fingerprint density at radius 3 is 2.68 bits per heavy atom. The van der Waals surface area contributed by atoms with Crippen molar-refractivity contribution in [2.75, 3.05) is 17.8 Å². The first-order valence-electron chi connectivity index (χ1n) is 6.77. The Hall–Kier alpha value is -2.24. The van der Waals surface area contributed by atoms with Crippen LogP contribution >= 0.6 is 11.6 Å². The molecule has 0 heterocycles. The maximum absolute atomic E-state index is 6.20. The van der Waals surface area contributed by atoms with Gasteiger partial charge in [-0.25, -0.2) is 5.84 Å². The van der Waals surface area contributed by atoms with Crippen LogP contribution in [0.15, 0.2) is 47.6 Å². The fourth-order valence-electron chi connectivity index (χ4n) is 2.03. The van der Waals surface area contributed by atoms with Crippen molar-refractivity contribution >= 4 is 28.7 Å². The standard InChI is InChI=1S/C16H19ClN4O/c1-11(12-5-3-6-13(18)9-12)20-22-10-14-15(17)7-4-8-16(14)21(2)19/h3-9H,10,18-19H2,1-2H3/b20-11+. The number of hydrazine groups is 1. The molecule has 22 heavy (non-hydrogen) atoms. The molecule has 0 amide bonds. The summed E-state index contributed by atoms with van der Waals surface area (Å²) < 4.78 is 0. The summed E-state index contributed by atoms with van der Waals surface area (Å²) in [5.41, 5.74) is 9.68. The zero-order chi connectivity index (χ0) is 16.1. The summed E-state index contributed by atoms with van der Waals surface area (Å²) in [6, 6.07) is 13.0. The summed E-state index contributed by atoms with van der Waals surface area (Å²) in [6.45, 7) is 2.09. The Morgan fingerprint density at radius 2 is 2.00 bits per heavy atom. The summed E-state index contributed by atoms with van der Waals surface area (Å²) in [5, 5.41) is 6.20. The lowest BCUT2D eigenvalue weighted by molar-refractivity contribution is 0.131. The van der Waals surface area contributed by atoms with Crippen LogP contribution in [0.5, 0.6) is 0 Å². The van der Waals surface area contributed by atoms with Crippen LogP contribution in [0.4, 0.5) is 11.4 Å². The Kier molecular flexibility index (Phi) is 5.25. The number of nitrogens with two attached hydrogens (primary N) is 2. The van der Waals surface area contributed by atoms with Gasteiger partial charge in [0.05, 0.1) is 11.4 Å². The predicted molar refractivity (Wildman–Crippen MR) is 91.9 cm³/mol. The Balaban J connectivity index is 2.12. The SMILES string of the molecule is C/C(=N\OCc1c(Cl)cccc1N(C)N)c1cccc(N)c1. The zero-order valence-corrected chi connectivity index (χ0v) is 13.3. The van der Waals surface area contributed by atoms with Crippen LogP contribution in [0.1, 0.15) is 18.1 Å². The molecule has 6 heteroatoms. The first-order valence-corrected chi connectivity index (χ1v) is 7.15. The van der Waals surface area contributed by atoms with E-state index in [9.17, 15) is 0 Å². The number of halogens is 1. The molecule has 0 aliphatic heterocycles. The largest absolute Gasteiger partial charge is 0.399 e. The zero-order valence-electron chi connectivity index (χ0n) is 12.6. The number of benzene rings is 2. The summed E-state index contributed by atoms with van der Waals surface area (Å²) in [5.74, 6) is 5.79. The highest BCUT2D eigenvalue weighted by Gasteiger charge is 2.09. The van der Waals surface area contributed by atoms with Gasteiger partial charge in [-0.1, -0.05) is 35.0 Å². The molecule has 0 fully saturated rings. The van der Waals surface area contributed by atoms with Crippen molar-refractivity contribution in [3.63, 3.8) is 0 Å². The molecule has 0 aliphatic rings. The van der Waals surface area contributed by atoms with Gasteiger partial charge in [0.1, 0.15) is 6.61 Å². The minimum atomic E-state index is 0.232. The van der Waals surface area contributed by atoms with Gasteiger partial charge in [-0.05, 0) is 31.2 Å². The lowest BCUT2D eigenvalue weighted by Crippen LogP contribution is -2.26. The van der Waals surface area contributed by atoms with Crippen LogP contribution in [0.2, 0.25) is 5.02 Å². The Bertz CT molecular complexity index is 686. The van der Waals surface area contributed by atoms with Gasteiger partial charge in [0.2, 0.25) is 0 Å². The topological polar surface area (TPSA) is 76.9 Å². The minimum absolute atomic E-state index is 0.232. The van der Waals surface area contributed by atoms with Crippen LogP contribution in [-0.4, -0.2) is 12.8 Å². The van der Waals surface area contributed by atoms with Crippen molar-refractivity contribution in [1.82, 2.24) is 0 Å². The van der Waals surface area contributed by atoms with Crippen LogP contribution in [-0.2, 0) is 11.4 Å². The van der Waals surface area contributed by atoms with Crippen LogP contribution in [0, 0.1) is 0 Å². The Labute approximate surface area is 135 Å². The number of nitrogen functional groups attached to an aromatic ring is 1. The monoisotopic (exact) mass is 318 g/mol. The predicted octanol–water partition coefficient (Wildman–Crippen LogP) is 3.17. The molecule has 0 unspecified atom stereocenters. The number of oxime groups is 1. The summed E-state index contributed by atoms with van der Waals surface area (Å²) >= 11 is 6.20. The fraction of sp³-hybridized carbons (Fsp3) is 0.188. The molecule has 0 radical (unpaired) electrons. The quantitative estimate of drug-likeness (QED) is 0.384. The molecule has 5 nitrogen and oxygen atoms in total. The van der Waals surface area contributed by atoms with E-state index in [1.165, 1.54) is 5.01 Å². The van der Waals surface area contributed by atoms with Gasteiger partial charge in [-0.2, -0.15) is 0 Å². The van der Waals surface area contributed by atoms with E-state index in [1.54, 1.807) is 13.1 Å². The van der Waals surface area contributed by atoms with Crippen molar-refractivity contribution in [3.8, 4) is 0 Å².